The molecule has 1 aromatic rings. The lowest BCUT2D eigenvalue weighted by molar-refractivity contribution is 0.00693. The van der Waals surface area contributed by atoms with Crippen molar-refractivity contribution in [2.45, 2.75) is 75.5 Å². The Morgan fingerprint density at radius 2 is 1.79 bits per heavy atom. The summed E-state index contributed by atoms with van der Waals surface area (Å²) in [7, 11) is 0. The second-order valence-electron chi connectivity index (χ2n) is 9.03. The number of aliphatic hydroxyl groups excluding tert-OH is 1. The summed E-state index contributed by atoms with van der Waals surface area (Å²) in [6.07, 6.45) is 7.31. The van der Waals surface area contributed by atoms with Gasteiger partial charge in [0.25, 0.3) is 0 Å². The molecule has 0 aromatic heterocycles. The molecule has 0 spiro atoms. The van der Waals surface area contributed by atoms with Crippen molar-refractivity contribution < 1.29 is 9.90 Å². The van der Waals surface area contributed by atoms with E-state index in [0.29, 0.717) is 6.04 Å². The second-order valence-corrected chi connectivity index (χ2v) is 9.03. The largest absolute Gasteiger partial charge is 0.391 e. The number of piperidine rings is 1. The molecule has 3 fully saturated rings. The fourth-order valence-corrected chi connectivity index (χ4v) is 5.39. The quantitative estimate of drug-likeness (QED) is 0.837. The van der Waals surface area contributed by atoms with Crippen LogP contribution in [0, 0.1) is 0 Å². The summed E-state index contributed by atoms with van der Waals surface area (Å²) in [5.41, 5.74) is 1.47. The molecule has 2 aliphatic heterocycles. The van der Waals surface area contributed by atoms with Gasteiger partial charge < -0.3 is 15.3 Å². The average molecular weight is 386 g/mol. The first-order valence-electron chi connectivity index (χ1n) is 11.1. The van der Waals surface area contributed by atoms with Gasteiger partial charge in [-0.1, -0.05) is 50.1 Å². The zero-order valence-electron chi connectivity index (χ0n) is 17.1. The first kappa shape index (κ1) is 19.7. The zero-order valence-corrected chi connectivity index (χ0v) is 17.1. The number of rotatable bonds is 4. The van der Waals surface area contributed by atoms with Crippen LogP contribution in [0.3, 0.4) is 0 Å². The second kappa shape index (κ2) is 8.42. The Bertz CT molecular complexity index is 651. The highest BCUT2D eigenvalue weighted by Gasteiger charge is 2.45. The van der Waals surface area contributed by atoms with Crippen LogP contribution in [-0.2, 0) is 5.41 Å². The summed E-state index contributed by atoms with van der Waals surface area (Å²) in [5.74, 6) is 0. The Morgan fingerprint density at radius 3 is 2.43 bits per heavy atom. The van der Waals surface area contributed by atoms with Gasteiger partial charge in [0, 0.05) is 43.7 Å². The van der Waals surface area contributed by atoms with E-state index < -0.39 is 0 Å². The van der Waals surface area contributed by atoms with Crippen LogP contribution in [0.25, 0.3) is 0 Å². The maximum Gasteiger partial charge on any atom is 0.317 e. The number of hydrogen-bond acceptors (Lipinski definition) is 3. The Hall–Kier alpha value is -1.59. The highest BCUT2D eigenvalue weighted by atomic mass is 16.3. The van der Waals surface area contributed by atoms with Crippen LogP contribution in [0.4, 0.5) is 4.79 Å². The number of amides is 2. The lowest BCUT2D eigenvalue weighted by atomic mass is 9.72. The highest BCUT2D eigenvalue weighted by Crippen LogP contribution is 2.37. The van der Waals surface area contributed by atoms with Gasteiger partial charge >= 0.3 is 6.03 Å². The van der Waals surface area contributed by atoms with Crippen molar-refractivity contribution in [3.63, 3.8) is 0 Å². The van der Waals surface area contributed by atoms with E-state index in [4.69, 9.17) is 0 Å². The standard InChI is InChI=1S/C23H35N3O2/c1-2-23(18-8-4-3-5-9-18)16-26(17-23)22(28)24-19-12-14-25(15-13-19)20-10-6-7-11-21(20)27/h3-5,8-9,19-21,27H,2,6-7,10-17H2,1H3,(H,24,28)/t20-,21+/m1/s1. The molecular weight excluding hydrogens is 350 g/mol. The van der Waals surface area contributed by atoms with Crippen LogP contribution in [0.5, 0.6) is 0 Å². The van der Waals surface area contributed by atoms with E-state index in [2.05, 4.69) is 47.5 Å². The number of urea groups is 1. The van der Waals surface area contributed by atoms with Gasteiger partial charge in [-0.2, -0.15) is 0 Å². The molecule has 5 nitrogen and oxygen atoms in total. The number of carbonyl (C=O) groups is 1. The summed E-state index contributed by atoms with van der Waals surface area (Å²) >= 11 is 0. The first-order chi connectivity index (χ1) is 13.6. The van der Waals surface area contributed by atoms with Crippen LogP contribution < -0.4 is 5.32 Å². The van der Waals surface area contributed by atoms with Gasteiger partial charge in [0.1, 0.15) is 0 Å². The molecule has 1 aromatic carbocycles. The van der Waals surface area contributed by atoms with Crippen LogP contribution in [-0.4, -0.2) is 65.3 Å². The van der Waals surface area contributed by atoms with E-state index in [9.17, 15) is 9.90 Å². The lowest BCUT2D eigenvalue weighted by Gasteiger charge is -2.50. The minimum Gasteiger partial charge on any atom is -0.391 e. The molecule has 28 heavy (non-hydrogen) atoms. The predicted octanol–water partition coefficient (Wildman–Crippen LogP) is 3.13. The van der Waals surface area contributed by atoms with Gasteiger partial charge in [0.05, 0.1) is 6.10 Å². The fraction of sp³-hybridized carbons (Fsp3) is 0.696. The topological polar surface area (TPSA) is 55.8 Å². The number of benzene rings is 1. The van der Waals surface area contributed by atoms with Crippen LogP contribution >= 0.6 is 0 Å². The monoisotopic (exact) mass is 385 g/mol. The Balaban J connectivity index is 1.24. The van der Waals surface area contributed by atoms with E-state index in [-0.39, 0.29) is 23.6 Å². The molecule has 2 heterocycles. The van der Waals surface area contributed by atoms with Crippen molar-refractivity contribution in [1.82, 2.24) is 15.1 Å². The molecule has 4 rings (SSSR count). The number of nitrogens with one attached hydrogen (secondary N) is 1. The van der Waals surface area contributed by atoms with Crippen LogP contribution in [0.15, 0.2) is 30.3 Å². The smallest absolute Gasteiger partial charge is 0.317 e. The van der Waals surface area contributed by atoms with E-state index >= 15 is 0 Å². The molecule has 154 valence electrons. The molecule has 0 unspecified atom stereocenters. The van der Waals surface area contributed by atoms with E-state index in [1.165, 1.54) is 12.0 Å². The molecular formula is C23H35N3O2. The normalized spacial score (nSPS) is 28.6. The molecule has 0 radical (unpaired) electrons. The first-order valence-corrected chi connectivity index (χ1v) is 11.1. The van der Waals surface area contributed by atoms with Crippen molar-refractivity contribution in [2.75, 3.05) is 26.2 Å². The highest BCUT2D eigenvalue weighted by molar-refractivity contribution is 5.76. The van der Waals surface area contributed by atoms with Crippen molar-refractivity contribution in [1.29, 1.82) is 0 Å². The van der Waals surface area contributed by atoms with Crippen molar-refractivity contribution in [3.05, 3.63) is 35.9 Å². The number of nitrogens with zero attached hydrogens (tertiary/aromatic N) is 2. The minimum atomic E-state index is -0.166. The summed E-state index contributed by atoms with van der Waals surface area (Å²) in [5, 5.41) is 13.6. The molecule has 1 saturated carbocycles. The van der Waals surface area contributed by atoms with Gasteiger partial charge in [0.2, 0.25) is 0 Å². The summed E-state index contributed by atoms with van der Waals surface area (Å²) in [6, 6.07) is 11.3. The Morgan fingerprint density at radius 1 is 1.11 bits per heavy atom. The molecule has 2 atom stereocenters. The van der Waals surface area contributed by atoms with Gasteiger partial charge in [0.15, 0.2) is 0 Å². The van der Waals surface area contributed by atoms with Crippen LogP contribution in [0.1, 0.15) is 57.4 Å². The lowest BCUT2D eigenvalue weighted by Crippen LogP contribution is -2.64. The Labute approximate surface area is 169 Å². The van der Waals surface area contributed by atoms with Gasteiger partial charge in [-0.3, -0.25) is 4.90 Å². The molecule has 1 aliphatic carbocycles. The number of aliphatic hydroxyl groups is 1. The third-order valence-electron chi connectivity index (χ3n) is 7.36. The summed E-state index contributed by atoms with van der Waals surface area (Å²) in [4.78, 5) is 17.1. The Kier molecular flexibility index (Phi) is 5.93. The SMILES string of the molecule is CCC1(c2ccccc2)CN(C(=O)NC2CCN([C@@H]3CCCC[C@@H]3O)CC2)C1. The number of likely N-dealkylation sites (tertiary alicyclic amines) is 2. The summed E-state index contributed by atoms with van der Waals surface area (Å²) < 4.78 is 0. The molecule has 2 N–H and O–H groups in total. The third-order valence-corrected chi connectivity index (χ3v) is 7.36. The van der Waals surface area contributed by atoms with Gasteiger partial charge in [-0.05, 0) is 37.7 Å². The average Bonchev–Trinajstić information content (AvgIpc) is 2.70. The van der Waals surface area contributed by atoms with E-state index in [1.807, 2.05) is 4.90 Å². The van der Waals surface area contributed by atoms with Crippen molar-refractivity contribution >= 4 is 6.03 Å². The minimum absolute atomic E-state index is 0.0937. The van der Waals surface area contributed by atoms with Crippen molar-refractivity contribution in [2.24, 2.45) is 0 Å². The maximum absolute atomic E-state index is 12.7. The molecule has 2 saturated heterocycles. The zero-order chi connectivity index (χ0) is 19.6. The molecule has 5 heteroatoms. The third kappa shape index (κ3) is 3.92. The molecule has 2 amide bonds. The van der Waals surface area contributed by atoms with Gasteiger partial charge in [-0.25, -0.2) is 4.79 Å². The fourth-order valence-electron chi connectivity index (χ4n) is 5.39. The molecule has 3 aliphatic rings. The van der Waals surface area contributed by atoms with Crippen molar-refractivity contribution in [3.8, 4) is 0 Å². The van der Waals surface area contributed by atoms with Gasteiger partial charge in [-0.15, -0.1) is 0 Å². The van der Waals surface area contributed by atoms with Crippen LogP contribution in [0.2, 0.25) is 0 Å². The maximum atomic E-state index is 12.7. The molecule has 0 bridgehead atoms. The predicted molar refractivity (Wildman–Crippen MR) is 111 cm³/mol. The number of hydrogen-bond donors (Lipinski definition) is 2. The van der Waals surface area contributed by atoms with E-state index in [0.717, 1.165) is 64.7 Å². The summed E-state index contributed by atoms with van der Waals surface area (Å²) in [6.45, 7) is 5.81. The van der Waals surface area contributed by atoms with E-state index in [1.54, 1.807) is 0 Å². The number of carbonyl (C=O) groups excluding carboxylic acids is 1.